The van der Waals surface area contributed by atoms with Crippen molar-refractivity contribution in [1.29, 1.82) is 0 Å². The van der Waals surface area contributed by atoms with Gasteiger partial charge in [-0.15, -0.1) is 0 Å². The zero-order valence-electron chi connectivity index (χ0n) is 18.7. The average Bonchev–Trinajstić information content (AvgIpc) is 3.19. The monoisotopic (exact) mass is 393 g/mol. The van der Waals surface area contributed by atoms with E-state index < -0.39 is 0 Å². The van der Waals surface area contributed by atoms with Gasteiger partial charge in [-0.05, 0) is 46.2 Å². The fraction of sp³-hybridized carbons (Fsp3) is 0.435. The van der Waals surface area contributed by atoms with Gasteiger partial charge in [-0.2, -0.15) is 10.2 Å². The van der Waals surface area contributed by atoms with E-state index in [9.17, 15) is 4.79 Å². The highest BCUT2D eigenvalue weighted by atomic mass is 16.1. The number of carbonyl (C=O) groups is 1. The van der Waals surface area contributed by atoms with Crippen LogP contribution in [0, 0.1) is 13.8 Å². The summed E-state index contributed by atoms with van der Waals surface area (Å²) in [6.07, 6.45) is 1.62. The van der Waals surface area contributed by atoms with E-state index in [-0.39, 0.29) is 16.9 Å². The molecule has 0 saturated carbocycles. The van der Waals surface area contributed by atoms with Crippen molar-refractivity contribution in [2.75, 3.05) is 5.32 Å². The summed E-state index contributed by atoms with van der Waals surface area (Å²) in [6, 6.07) is 9.96. The Morgan fingerprint density at radius 1 is 1.03 bits per heavy atom. The number of nitrogens with zero attached hydrogens (tertiary/aromatic N) is 4. The van der Waals surface area contributed by atoms with Crippen LogP contribution in [0.4, 0.5) is 5.82 Å². The minimum absolute atomic E-state index is 0.110. The molecular weight excluding hydrogens is 362 g/mol. The van der Waals surface area contributed by atoms with Crippen LogP contribution < -0.4 is 5.32 Å². The number of aryl methyl sites for hydroxylation is 1. The third-order valence-corrected chi connectivity index (χ3v) is 4.95. The van der Waals surface area contributed by atoms with E-state index in [4.69, 9.17) is 5.10 Å². The number of nitrogens with one attached hydrogen (secondary N) is 1. The van der Waals surface area contributed by atoms with Gasteiger partial charge in [-0.1, -0.05) is 39.0 Å². The highest BCUT2D eigenvalue weighted by Gasteiger charge is 2.26. The first-order chi connectivity index (χ1) is 13.4. The number of anilines is 1. The Morgan fingerprint density at radius 2 is 1.69 bits per heavy atom. The number of hydrogen-bond acceptors (Lipinski definition) is 3. The summed E-state index contributed by atoms with van der Waals surface area (Å²) in [4.78, 5) is 13.1. The number of para-hydroxylation sites is 1. The Morgan fingerprint density at radius 3 is 2.28 bits per heavy atom. The smallest absolute Gasteiger partial charge is 0.260 e. The fourth-order valence-corrected chi connectivity index (χ4v) is 3.21. The molecule has 3 aromatic rings. The molecule has 2 aromatic heterocycles. The lowest BCUT2D eigenvalue weighted by atomic mass is 9.92. The van der Waals surface area contributed by atoms with Crippen LogP contribution in [0.1, 0.15) is 68.9 Å². The van der Waals surface area contributed by atoms with Crippen molar-refractivity contribution >= 4 is 11.7 Å². The summed E-state index contributed by atoms with van der Waals surface area (Å²) in [5.74, 6) is 0.503. The number of amides is 1. The first kappa shape index (κ1) is 20.8. The Bertz CT molecular complexity index is 1040. The molecule has 0 bridgehead atoms. The molecule has 0 saturated heterocycles. The third kappa shape index (κ3) is 4.11. The minimum atomic E-state index is -0.257. The van der Waals surface area contributed by atoms with Crippen LogP contribution >= 0.6 is 0 Å². The van der Waals surface area contributed by atoms with Crippen molar-refractivity contribution in [2.45, 2.75) is 66.3 Å². The van der Waals surface area contributed by atoms with Gasteiger partial charge in [0.2, 0.25) is 0 Å². The highest BCUT2D eigenvalue weighted by molar-refractivity contribution is 6.04. The largest absolute Gasteiger partial charge is 0.307 e. The molecule has 0 aliphatic carbocycles. The number of benzene rings is 1. The van der Waals surface area contributed by atoms with E-state index in [1.807, 2.05) is 53.5 Å². The summed E-state index contributed by atoms with van der Waals surface area (Å²) in [5, 5.41) is 12.3. The van der Waals surface area contributed by atoms with Gasteiger partial charge in [0, 0.05) is 11.5 Å². The zero-order chi connectivity index (χ0) is 21.6. The van der Waals surface area contributed by atoms with Gasteiger partial charge in [-0.25, -0.2) is 9.36 Å². The minimum Gasteiger partial charge on any atom is -0.307 e. The van der Waals surface area contributed by atoms with E-state index in [1.165, 1.54) is 0 Å². The standard InChI is InChI=1S/C23H31N5O/c1-15-11-9-10-12-18(15)27-16(2)17(14-24-27)21(29)25-20-13-19(22(3,4)5)26-28(20)23(6,7)8/h9-14H,1-8H3,(H,25,29). The second-order valence-corrected chi connectivity index (χ2v) is 9.54. The second-order valence-electron chi connectivity index (χ2n) is 9.54. The molecule has 6 heteroatoms. The summed E-state index contributed by atoms with van der Waals surface area (Å²) < 4.78 is 3.69. The van der Waals surface area contributed by atoms with Crippen molar-refractivity contribution in [3.63, 3.8) is 0 Å². The van der Waals surface area contributed by atoms with Crippen LogP contribution in [0.3, 0.4) is 0 Å². The quantitative estimate of drug-likeness (QED) is 0.682. The number of aromatic nitrogens is 4. The van der Waals surface area contributed by atoms with E-state index in [2.05, 4.69) is 52.0 Å². The molecule has 3 rings (SSSR count). The van der Waals surface area contributed by atoms with Crippen LogP contribution in [-0.2, 0) is 11.0 Å². The molecule has 0 aliphatic heterocycles. The molecular formula is C23H31N5O. The molecule has 6 nitrogen and oxygen atoms in total. The van der Waals surface area contributed by atoms with E-state index in [0.717, 1.165) is 22.6 Å². The first-order valence-electron chi connectivity index (χ1n) is 9.92. The lowest BCUT2D eigenvalue weighted by molar-refractivity contribution is 0.102. The SMILES string of the molecule is Cc1ccccc1-n1ncc(C(=O)Nc2cc(C(C)(C)C)nn2C(C)(C)C)c1C. The maximum absolute atomic E-state index is 13.1. The van der Waals surface area contributed by atoms with Gasteiger partial charge in [0.15, 0.2) is 0 Å². The summed E-state index contributed by atoms with van der Waals surface area (Å²) in [6.45, 7) is 16.5. The Labute approximate surface area is 172 Å². The molecule has 0 atom stereocenters. The van der Waals surface area contributed by atoms with Crippen molar-refractivity contribution in [3.8, 4) is 5.69 Å². The maximum Gasteiger partial charge on any atom is 0.260 e. The average molecular weight is 394 g/mol. The third-order valence-electron chi connectivity index (χ3n) is 4.95. The number of carbonyl (C=O) groups excluding carboxylic acids is 1. The molecule has 0 radical (unpaired) electrons. The molecule has 0 spiro atoms. The Kier molecular flexibility index (Phi) is 5.15. The van der Waals surface area contributed by atoms with Gasteiger partial charge in [0.25, 0.3) is 5.91 Å². The Balaban J connectivity index is 1.96. The van der Waals surface area contributed by atoms with Crippen molar-refractivity contribution in [2.24, 2.45) is 0 Å². The normalized spacial score (nSPS) is 12.3. The van der Waals surface area contributed by atoms with E-state index in [1.54, 1.807) is 6.20 Å². The predicted molar refractivity (Wildman–Crippen MR) is 117 cm³/mol. The summed E-state index contributed by atoms with van der Waals surface area (Å²) in [5.41, 5.74) is 4.00. The van der Waals surface area contributed by atoms with Gasteiger partial charge < -0.3 is 5.32 Å². The van der Waals surface area contributed by atoms with Crippen LogP contribution in [0.5, 0.6) is 0 Å². The van der Waals surface area contributed by atoms with Gasteiger partial charge >= 0.3 is 0 Å². The van der Waals surface area contributed by atoms with E-state index in [0.29, 0.717) is 11.4 Å². The molecule has 1 amide bonds. The topological polar surface area (TPSA) is 64.7 Å². The second kappa shape index (κ2) is 7.17. The molecule has 0 aliphatic rings. The van der Waals surface area contributed by atoms with Crippen molar-refractivity contribution in [1.82, 2.24) is 19.6 Å². The number of hydrogen-bond donors (Lipinski definition) is 1. The predicted octanol–water partition coefficient (Wildman–Crippen LogP) is 4.99. The highest BCUT2D eigenvalue weighted by Crippen LogP contribution is 2.28. The van der Waals surface area contributed by atoms with Crippen molar-refractivity contribution < 1.29 is 4.79 Å². The lowest BCUT2D eigenvalue weighted by Gasteiger charge is -2.23. The molecule has 154 valence electrons. The fourth-order valence-electron chi connectivity index (χ4n) is 3.21. The van der Waals surface area contributed by atoms with Crippen molar-refractivity contribution in [3.05, 3.63) is 59.0 Å². The summed E-state index contributed by atoms with van der Waals surface area (Å²) >= 11 is 0. The number of rotatable bonds is 3. The van der Waals surface area contributed by atoms with E-state index >= 15 is 0 Å². The summed E-state index contributed by atoms with van der Waals surface area (Å²) in [7, 11) is 0. The molecule has 2 heterocycles. The van der Waals surface area contributed by atoms with Crippen LogP contribution in [0.15, 0.2) is 36.5 Å². The maximum atomic E-state index is 13.1. The zero-order valence-corrected chi connectivity index (χ0v) is 18.7. The molecule has 1 N–H and O–H groups in total. The molecule has 29 heavy (non-hydrogen) atoms. The Hall–Kier alpha value is -2.89. The van der Waals surface area contributed by atoms with Crippen LogP contribution in [-0.4, -0.2) is 25.5 Å². The van der Waals surface area contributed by atoms with Crippen LogP contribution in [0.25, 0.3) is 5.69 Å². The molecule has 0 fully saturated rings. The first-order valence-corrected chi connectivity index (χ1v) is 9.92. The van der Waals surface area contributed by atoms with Crippen LogP contribution in [0.2, 0.25) is 0 Å². The van der Waals surface area contributed by atoms with Gasteiger partial charge in [-0.3, -0.25) is 4.79 Å². The molecule has 1 aromatic carbocycles. The molecule has 0 unspecified atom stereocenters. The van der Waals surface area contributed by atoms with Gasteiger partial charge in [0.1, 0.15) is 5.82 Å². The van der Waals surface area contributed by atoms with Gasteiger partial charge in [0.05, 0.1) is 34.4 Å². The lowest BCUT2D eigenvalue weighted by Crippen LogP contribution is -2.27.